The molecule has 0 aromatic heterocycles. The fraction of sp³-hybridized carbons (Fsp3) is 0.222. The molecule has 0 saturated carbocycles. The number of ether oxygens (including phenoxy) is 2. The Balaban J connectivity index is 1.66. The zero-order valence-electron chi connectivity index (χ0n) is 14.2. The van der Waals surface area contributed by atoms with E-state index in [1.165, 1.54) is 5.01 Å². The molecule has 2 amide bonds. The second kappa shape index (κ2) is 6.14. The number of hydrogen-bond acceptors (Lipinski definition) is 7. The largest absolute Gasteiger partial charge is 0.497 e. The van der Waals surface area contributed by atoms with Gasteiger partial charge in [0, 0.05) is 6.07 Å². The summed E-state index contributed by atoms with van der Waals surface area (Å²) in [7, 11) is 3.11. The standard InChI is InChI=1S/C18H16N4O4/c1-25-13-8-6-11(7-9-13)21-17(23)15-16(18(21)24)22(20-19-15)12-4-3-5-14(10-12)26-2/h3-10,15-16H,1-2H3/t15-,16+/m1/s1. The molecule has 26 heavy (non-hydrogen) atoms. The molecule has 0 bridgehead atoms. The molecule has 2 aliphatic rings. The van der Waals surface area contributed by atoms with Gasteiger partial charge in [-0.15, -0.1) is 0 Å². The van der Waals surface area contributed by atoms with Crippen molar-refractivity contribution in [1.29, 1.82) is 0 Å². The molecule has 0 N–H and O–H groups in total. The minimum Gasteiger partial charge on any atom is -0.497 e. The average Bonchev–Trinajstić information content (AvgIpc) is 3.22. The Morgan fingerprint density at radius 3 is 2.31 bits per heavy atom. The second-order valence-corrected chi connectivity index (χ2v) is 5.85. The first kappa shape index (κ1) is 16.1. The molecule has 132 valence electrons. The fourth-order valence-electron chi connectivity index (χ4n) is 3.11. The predicted molar refractivity (Wildman–Crippen MR) is 93.4 cm³/mol. The molecule has 2 atom stereocenters. The van der Waals surface area contributed by atoms with Crippen LogP contribution in [-0.4, -0.2) is 38.1 Å². The van der Waals surface area contributed by atoms with Crippen molar-refractivity contribution >= 4 is 23.2 Å². The first-order chi connectivity index (χ1) is 12.6. The van der Waals surface area contributed by atoms with Gasteiger partial charge < -0.3 is 9.47 Å². The van der Waals surface area contributed by atoms with Gasteiger partial charge in [-0.1, -0.05) is 11.3 Å². The van der Waals surface area contributed by atoms with Gasteiger partial charge in [0.05, 0.1) is 25.6 Å². The normalized spacial score (nSPS) is 21.3. The second-order valence-electron chi connectivity index (χ2n) is 5.85. The third-order valence-corrected chi connectivity index (χ3v) is 4.43. The Morgan fingerprint density at radius 1 is 0.885 bits per heavy atom. The summed E-state index contributed by atoms with van der Waals surface area (Å²) in [5, 5.41) is 9.53. The van der Waals surface area contributed by atoms with E-state index >= 15 is 0 Å². The van der Waals surface area contributed by atoms with Crippen molar-refractivity contribution < 1.29 is 19.1 Å². The topological polar surface area (TPSA) is 83.8 Å². The van der Waals surface area contributed by atoms with Crippen LogP contribution in [0.4, 0.5) is 11.4 Å². The van der Waals surface area contributed by atoms with Crippen LogP contribution in [0.1, 0.15) is 0 Å². The molecule has 4 rings (SSSR count). The Kier molecular flexibility index (Phi) is 3.80. The van der Waals surface area contributed by atoms with E-state index in [4.69, 9.17) is 9.47 Å². The van der Waals surface area contributed by atoms with Crippen LogP contribution in [0.5, 0.6) is 11.5 Å². The maximum Gasteiger partial charge on any atom is 0.263 e. The molecule has 8 nitrogen and oxygen atoms in total. The first-order valence-corrected chi connectivity index (χ1v) is 8.00. The Labute approximate surface area is 149 Å². The van der Waals surface area contributed by atoms with Crippen molar-refractivity contribution in [3.63, 3.8) is 0 Å². The number of carbonyl (C=O) groups excluding carboxylic acids is 2. The smallest absolute Gasteiger partial charge is 0.263 e. The van der Waals surface area contributed by atoms with Gasteiger partial charge in [0.25, 0.3) is 11.8 Å². The summed E-state index contributed by atoms with van der Waals surface area (Å²) in [5.74, 6) is 0.521. The van der Waals surface area contributed by atoms with Gasteiger partial charge in [-0.2, -0.15) is 5.11 Å². The SMILES string of the molecule is COc1ccc(N2C(=O)[C@@H]3[C@@H](N=NN3c3cccc(OC)c3)C2=O)cc1. The lowest BCUT2D eigenvalue weighted by atomic mass is 10.1. The number of rotatable bonds is 4. The van der Waals surface area contributed by atoms with E-state index in [1.807, 2.05) is 0 Å². The van der Waals surface area contributed by atoms with Crippen molar-refractivity contribution in [2.45, 2.75) is 12.1 Å². The van der Waals surface area contributed by atoms with Crippen molar-refractivity contribution in [3.05, 3.63) is 48.5 Å². The minimum absolute atomic E-state index is 0.363. The van der Waals surface area contributed by atoms with Gasteiger partial charge in [0.2, 0.25) is 0 Å². The number of nitrogens with zero attached hydrogens (tertiary/aromatic N) is 4. The van der Waals surface area contributed by atoms with Crippen LogP contribution in [0, 0.1) is 0 Å². The van der Waals surface area contributed by atoms with Crippen LogP contribution >= 0.6 is 0 Å². The maximum atomic E-state index is 13.0. The van der Waals surface area contributed by atoms with Gasteiger partial charge in [-0.05, 0) is 36.4 Å². The van der Waals surface area contributed by atoms with Crippen LogP contribution in [0.25, 0.3) is 0 Å². The summed E-state index contributed by atoms with van der Waals surface area (Å²) in [5.41, 5.74) is 1.12. The molecule has 0 spiro atoms. The van der Waals surface area contributed by atoms with E-state index in [1.54, 1.807) is 62.8 Å². The Bertz CT molecular complexity index is 896. The number of benzene rings is 2. The summed E-state index contributed by atoms with van der Waals surface area (Å²) in [4.78, 5) is 26.8. The van der Waals surface area contributed by atoms with E-state index < -0.39 is 12.1 Å². The molecule has 1 fully saturated rings. The number of imide groups is 1. The van der Waals surface area contributed by atoms with Gasteiger partial charge in [-0.3, -0.25) is 9.59 Å². The molecule has 2 aromatic rings. The number of methoxy groups -OCH3 is 2. The van der Waals surface area contributed by atoms with Crippen molar-refractivity contribution in [2.75, 3.05) is 24.1 Å². The van der Waals surface area contributed by atoms with Crippen molar-refractivity contribution in [3.8, 4) is 11.5 Å². The van der Waals surface area contributed by atoms with Crippen molar-refractivity contribution in [2.24, 2.45) is 10.3 Å². The Morgan fingerprint density at radius 2 is 1.62 bits per heavy atom. The fourth-order valence-corrected chi connectivity index (χ4v) is 3.11. The maximum absolute atomic E-state index is 13.0. The monoisotopic (exact) mass is 352 g/mol. The highest BCUT2D eigenvalue weighted by molar-refractivity contribution is 6.26. The van der Waals surface area contributed by atoms with Crippen LogP contribution in [0.3, 0.4) is 0 Å². The molecule has 0 radical (unpaired) electrons. The number of amides is 2. The predicted octanol–water partition coefficient (Wildman–Crippen LogP) is 2.20. The highest BCUT2D eigenvalue weighted by Crippen LogP contribution is 2.36. The summed E-state index contributed by atoms with van der Waals surface area (Å²) >= 11 is 0. The van der Waals surface area contributed by atoms with Gasteiger partial charge in [0.15, 0.2) is 12.1 Å². The van der Waals surface area contributed by atoms with E-state index in [9.17, 15) is 9.59 Å². The molecule has 2 heterocycles. The van der Waals surface area contributed by atoms with E-state index in [-0.39, 0.29) is 11.8 Å². The van der Waals surface area contributed by atoms with Crippen LogP contribution < -0.4 is 19.4 Å². The van der Waals surface area contributed by atoms with E-state index in [0.717, 1.165) is 4.90 Å². The quantitative estimate of drug-likeness (QED) is 0.788. The molecular formula is C18H16N4O4. The summed E-state index contributed by atoms with van der Waals surface area (Å²) in [6.45, 7) is 0. The number of anilines is 2. The lowest BCUT2D eigenvalue weighted by Crippen LogP contribution is -2.39. The third-order valence-electron chi connectivity index (χ3n) is 4.43. The number of hydrogen-bond donors (Lipinski definition) is 0. The minimum atomic E-state index is -0.851. The van der Waals surface area contributed by atoms with Crippen molar-refractivity contribution in [1.82, 2.24) is 0 Å². The average molecular weight is 352 g/mol. The highest BCUT2D eigenvalue weighted by Gasteiger charge is 2.55. The number of carbonyl (C=O) groups is 2. The van der Waals surface area contributed by atoms with Crippen LogP contribution in [0.2, 0.25) is 0 Å². The Hall–Kier alpha value is -3.42. The molecule has 2 aromatic carbocycles. The van der Waals surface area contributed by atoms with Gasteiger partial charge >= 0.3 is 0 Å². The molecule has 0 aliphatic carbocycles. The zero-order valence-corrected chi connectivity index (χ0v) is 14.2. The zero-order chi connectivity index (χ0) is 18.3. The first-order valence-electron chi connectivity index (χ1n) is 8.00. The lowest BCUT2D eigenvalue weighted by molar-refractivity contribution is -0.121. The van der Waals surface area contributed by atoms with Crippen LogP contribution in [0.15, 0.2) is 58.9 Å². The molecule has 8 heteroatoms. The molecular weight excluding hydrogens is 336 g/mol. The van der Waals surface area contributed by atoms with Crippen LogP contribution in [-0.2, 0) is 9.59 Å². The molecule has 1 saturated heterocycles. The number of fused-ring (bicyclic) bond motifs is 1. The van der Waals surface area contributed by atoms with E-state index in [0.29, 0.717) is 22.9 Å². The lowest BCUT2D eigenvalue weighted by Gasteiger charge is -2.21. The molecule has 0 unspecified atom stereocenters. The third kappa shape index (κ3) is 2.38. The van der Waals surface area contributed by atoms with Gasteiger partial charge in [-0.25, -0.2) is 9.91 Å². The highest BCUT2D eigenvalue weighted by atomic mass is 16.5. The summed E-state index contributed by atoms with van der Waals surface area (Å²) in [6.07, 6.45) is 0. The van der Waals surface area contributed by atoms with E-state index in [2.05, 4.69) is 10.3 Å². The summed E-state index contributed by atoms with van der Waals surface area (Å²) < 4.78 is 10.3. The molecule has 2 aliphatic heterocycles. The van der Waals surface area contributed by atoms with Gasteiger partial charge in [0.1, 0.15) is 11.5 Å². The summed E-state index contributed by atoms with van der Waals surface area (Å²) in [6, 6.07) is 12.2.